The van der Waals surface area contributed by atoms with Crippen molar-refractivity contribution in [3.8, 4) is 0 Å². The number of hydrogen-bond donors (Lipinski definition) is 2. The lowest BCUT2D eigenvalue weighted by molar-refractivity contribution is -0.206. The van der Waals surface area contributed by atoms with Gasteiger partial charge in [-0.05, 0) is 123 Å². The van der Waals surface area contributed by atoms with E-state index in [1.54, 1.807) is 0 Å². The maximum absolute atomic E-state index is 12.8. The van der Waals surface area contributed by atoms with Crippen LogP contribution in [0.15, 0.2) is 0 Å². The van der Waals surface area contributed by atoms with Crippen molar-refractivity contribution in [1.29, 1.82) is 0 Å². The summed E-state index contributed by atoms with van der Waals surface area (Å²) in [5.41, 5.74) is 0.104. The van der Waals surface area contributed by atoms with Crippen molar-refractivity contribution in [2.75, 3.05) is 0 Å². The normalized spacial score (nSPS) is 48.5. The van der Waals surface area contributed by atoms with E-state index in [2.05, 4.69) is 27.7 Å². The van der Waals surface area contributed by atoms with Crippen molar-refractivity contribution < 1.29 is 23.4 Å². The molecule has 2 N–H and O–H groups in total. The number of rotatable bonds is 5. The van der Waals surface area contributed by atoms with E-state index in [1.807, 2.05) is 0 Å². The molecule has 4 saturated carbocycles. The molecule has 10 atom stereocenters. The molecule has 2 nitrogen and oxygen atoms in total. The van der Waals surface area contributed by atoms with Crippen LogP contribution in [0.2, 0.25) is 0 Å². The van der Waals surface area contributed by atoms with Crippen molar-refractivity contribution >= 4 is 0 Å². The Morgan fingerprint density at radius 1 is 0.906 bits per heavy atom. The average molecular weight is 459 g/mol. The highest BCUT2D eigenvalue weighted by Crippen LogP contribution is 2.69. The van der Waals surface area contributed by atoms with E-state index in [0.29, 0.717) is 29.6 Å². The Kier molecular flexibility index (Phi) is 6.54. The Labute approximate surface area is 192 Å². The molecule has 4 aliphatic carbocycles. The molecule has 186 valence electrons. The van der Waals surface area contributed by atoms with Crippen LogP contribution in [0.5, 0.6) is 0 Å². The summed E-state index contributed by atoms with van der Waals surface area (Å²) in [6.07, 6.45) is 4.76. The highest BCUT2D eigenvalue weighted by Gasteiger charge is 2.61. The first-order valence-electron chi connectivity index (χ1n) is 13.3. The molecule has 4 rings (SSSR count). The SMILES string of the molecule is CC[C@]1(O)CCC2(C)[C@H](CC[C@@H]3[C@@H]2CC[C@]2(C)[C@@H]([C@H](C)CC[C@H](O)C(F)(F)F)CC[C@@H]32)C1. The number of halogens is 3. The molecular weight excluding hydrogens is 413 g/mol. The van der Waals surface area contributed by atoms with Gasteiger partial charge in [-0.1, -0.05) is 27.7 Å². The van der Waals surface area contributed by atoms with Gasteiger partial charge in [0.25, 0.3) is 0 Å². The fourth-order valence-electron chi connectivity index (χ4n) is 9.40. The molecule has 0 bridgehead atoms. The minimum atomic E-state index is -4.50. The van der Waals surface area contributed by atoms with E-state index in [-0.39, 0.29) is 17.8 Å². The highest BCUT2D eigenvalue weighted by molar-refractivity contribution is 5.10. The van der Waals surface area contributed by atoms with Gasteiger partial charge in [0.2, 0.25) is 0 Å². The lowest BCUT2D eigenvalue weighted by Crippen LogP contribution is -2.56. The van der Waals surface area contributed by atoms with Gasteiger partial charge in [-0.2, -0.15) is 13.2 Å². The van der Waals surface area contributed by atoms with Crippen molar-refractivity contribution in [3.05, 3.63) is 0 Å². The van der Waals surface area contributed by atoms with Gasteiger partial charge in [-0.25, -0.2) is 0 Å². The summed E-state index contributed by atoms with van der Waals surface area (Å²) in [6, 6.07) is 0. The fraction of sp³-hybridized carbons (Fsp3) is 1.00. The number of aliphatic hydroxyl groups is 2. The van der Waals surface area contributed by atoms with Crippen molar-refractivity contribution in [3.63, 3.8) is 0 Å². The summed E-state index contributed by atoms with van der Waals surface area (Å²) < 4.78 is 38.3. The molecule has 4 fully saturated rings. The summed E-state index contributed by atoms with van der Waals surface area (Å²) in [7, 11) is 0. The molecule has 32 heavy (non-hydrogen) atoms. The first kappa shape index (κ1) is 24.8. The third kappa shape index (κ3) is 4.06. The lowest BCUT2D eigenvalue weighted by atomic mass is 9.43. The van der Waals surface area contributed by atoms with Crippen LogP contribution in [0.1, 0.15) is 105 Å². The summed E-state index contributed by atoms with van der Waals surface area (Å²) in [5, 5.41) is 20.4. The average Bonchev–Trinajstić information content (AvgIpc) is 3.09. The molecule has 0 heterocycles. The maximum Gasteiger partial charge on any atom is 0.414 e. The van der Waals surface area contributed by atoms with Crippen LogP contribution in [-0.4, -0.2) is 28.1 Å². The molecule has 5 heteroatoms. The number of fused-ring (bicyclic) bond motifs is 5. The molecule has 1 unspecified atom stereocenters. The molecule has 0 spiro atoms. The van der Waals surface area contributed by atoms with Gasteiger partial charge in [0.1, 0.15) is 6.10 Å². The van der Waals surface area contributed by atoms with Gasteiger partial charge >= 0.3 is 6.18 Å². The van der Waals surface area contributed by atoms with Crippen LogP contribution in [0, 0.1) is 46.3 Å². The minimum absolute atomic E-state index is 0.173. The van der Waals surface area contributed by atoms with Crippen LogP contribution in [0.4, 0.5) is 13.2 Å². The summed E-state index contributed by atoms with van der Waals surface area (Å²) in [6.45, 7) is 9.19. The van der Waals surface area contributed by atoms with Gasteiger partial charge in [-0.3, -0.25) is 0 Å². The topological polar surface area (TPSA) is 40.5 Å². The van der Waals surface area contributed by atoms with Crippen LogP contribution in [-0.2, 0) is 0 Å². The molecule has 0 aliphatic heterocycles. The number of hydrogen-bond acceptors (Lipinski definition) is 2. The smallest absolute Gasteiger partial charge is 0.390 e. The second kappa shape index (κ2) is 8.43. The molecule has 0 aromatic carbocycles. The summed E-state index contributed by atoms with van der Waals surface area (Å²) in [4.78, 5) is 0. The summed E-state index contributed by atoms with van der Waals surface area (Å²) >= 11 is 0. The molecule has 0 saturated heterocycles. The Morgan fingerprint density at radius 2 is 1.59 bits per heavy atom. The molecule has 0 radical (unpaired) electrons. The van der Waals surface area contributed by atoms with Gasteiger partial charge in [-0.15, -0.1) is 0 Å². The van der Waals surface area contributed by atoms with Gasteiger partial charge in [0, 0.05) is 0 Å². The number of alkyl halides is 3. The Balaban J connectivity index is 1.45. The largest absolute Gasteiger partial charge is 0.414 e. The first-order valence-corrected chi connectivity index (χ1v) is 13.3. The standard InChI is InChI=1S/C27H45F3O2/c1-5-26(32)15-14-24(3)18(16-26)7-8-19-21-10-9-20(25(21,4)13-12-22(19)24)17(2)6-11-23(31)27(28,29)30/h17-23,31-32H,5-16H2,1-4H3/t17-,18-,19+,20-,21+,22+,23+,24?,25-,26+/m1/s1. The zero-order valence-electron chi connectivity index (χ0n) is 20.6. The molecule has 4 aliphatic rings. The molecule has 0 aromatic heterocycles. The maximum atomic E-state index is 12.8. The van der Waals surface area contributed by atoms with Crippen LogP contribution in [0.25, 0.3) is 0 Å². The molecule has 0 aromatic rings. The summed E-state index contributed by atoms with van der Waals surface area (Å²) in [5.74, 6) is 3.48. The van der Waals surface area contributed by atoms with Crippen molar-refractivity contribution in [2.24, 2.45) is 46.3 Å². The van der Waals surface area contributed by atoms with E-state index >= 15 is 0 Å². The van der Waals surface area contributed by atoms with Gasteiger partial charge < -0.3 is 10.2 Å². The van der Waals surface area contributed by atoms with E-state index in [0.717, 1.165) is 43.9 Å². The van der Waals surface area contributed by atoms with Crippen LogP contribution < -0.4 is 0 Å². The van der Waals surface area contributed by atoms with Gasteiger partial charge in [0.05, 0.1) is 5.60 Å². The zero-order valence-corrected chi connectivity index (χ0v) is 20.6. The third-order valence-corrected chi connectivity index (χ3v) is 11.5. The minimum Gasteiger partial charge on any atom is -0.390 e. The quantitative estimate of drug-likeness (QED) is 0.460. The van der Waals surface area contributed by atoms with E-state index in [4.69, 9.17) is 0 Å². The number of aliphatic hydroxyl groups excluding tert-OH is 1. The Morgan fingerprint density at radius 3 is 2.25 bits per heavy atom. The molecular formula is C27H45F3O2. The van der Waals surface area contributed by atoms with Crippen molar-refractivity contribution in [2.45, 2.75) is 123 Å². The van der Waals surface area contributed by atoms with E-state index in [9.17, 15) is 23.4 Å². The van der Waals surface area contributed by atoms with Crippen LogP contribution in [0.3, 0.4) is 0 Å². The predicted molar refractivity (Wildman–Crippen MR) is 121 cm³/mol. The third-order valence-electron chi connectivity index (χ3n) is 11.5. The van der Waals surface area contributed by atoms with E-state index in [1.165, 1.54) is 32.1 Å². The fourth-order valence-corrected chi connectivity index (χ4v) is 9.40. The molecule has 0 amide bonds. The van der Waals surface area contributed by atoms with Crippen LogP contribution >= 0.6 is 0 Å². The Bertz CT molecular complexity index is 680. The second-order valence-electron chi connectivity index (χ2n) is 12.8. The van der Waals surface area contributed by atoms with Gasteiger partial charge in [0.15, 0.2) is 0 Å². The van der Waals surface area contributed by atoms with E-state index < -0.39 is 17.9 Å². The highest BCUT2D eigenvalue weighted by atomic mass is 19.4. The predicted octanol–water partition coefficient (Wildman–Crippen LogP) is 7.13. The monoisotopic (exact) mass is 458 g/mol. The lowest BCUT2D eigenvalue weighted by Gasteiger charge is -2.62. The van der Waals surface area contributed by atoms with Crippen molar-refractivity contribution in [1.82, 2.24) is 0 Å². The Hall–Kier alpha value is -0.290. The zero-order chi connectivity index (χ0) is 23.5. The second-order valence-corrected chi connectivity index (χ2v) is 12.8. The first-order chi connectivity index (χ1) is 14.8.